The third kappa shape index (κ3) is 6.54. The lowest BCUT2D eigenvalue weighted by atomic mass is 10.1. The lowest BCUT2D eigenvalue weighted by Gasteiger charge is -2.26. The number of hydrogen-bond acceptors (Lipinski definition) is 5. The van der Waals surface area contributed by atoms with Gasteiger partial charge >= 0.3 is 0 Å². The summed E-state index contributed by atoms with van der Waals surface area (Å²) in [6, 6.07) is 11.7. The maximum atomic E-state index is 12.8. The van der Waals surface area contributed by atoms with E-state index in [1.165, 1.54) is 4.88 Å². The van der Waals surface area contributed by atoms with Crippen molar-refractivity contribution in [2.24, 2.45) is 0 Å². The predicted molar refractivity (Wildman–Crippen MR) is 138 cm³/mol. The number of nitrogens with zero attached hydrogens (tertiary/aromatic N) is 2. The van der Waals surface area contributed by atoms with Crippen LogP contribution in [0, 0.1) is 0 Å². The Morgan fingerprint density at radius 2 is 2.00 bits per heavy atom. The van der Waals surface area contributed by atoms with Gasteiger partial charge in [0.2, 0.25) is 0 Å². The molecule has 0 aliphatic carbocycles. The Bertz CT molecular complexity index is 1060. The van der Waals surface area contributed by atoms with Gasteiger partial charge in [0.1, 0.15) is 5.75 Å². The summed E-state index contributed by atoms with van der Waals surface area (Å²) in [5, 5.41) is 7.06. The molecule has 0 saturated carbocycles. The van der Waals surface area contributed by atoms with Crippen LogP contribution in [0.4, 0.5) is 0 Å². The van der Waals surface area contributed by atoms with Crippen molar-refractivity contribution in [2.45, 2.75) is 33.4 Å². The maximum absolute atomic E-state index is 12.8. The molecule has 0 radical (unpaired) electrons. The smallest absolute Gasteiger partial charge is 0.253 e. The van der Waals surface area contributed by atoms with Crippen molar-refractivity contribution in [1.82, 2.24) is 20.1 Å². The van der Waals surface area contributed by atoms with Crippen LogP contribution >= 0.6 is 23.6 Å². The van der Waals surface area contributed by atoms with E-state index < -0.39 is 0 Å². The van der Waals surface area contributed by atoms with Gasteiger partial charge in [-0.25, -0.2) is 0 Å². The van der Waals surface area contributed by atoms with E-state index in [1.807, 2.05) is 30.3 Å². The largest absolute Gasteiger partial charge is 0.497 e. The van der Waals surface area contributed by atoms with E-state index in [1.54, 1.807) is 18.4 Å². The second-order valence-corrected chi connectivity index (χ2v) is 9.04. The molecule has 1 aromatic carbocycles. The van der Waals surface area contributed by atoms with E-state index in [2.05, 4.69) is 45.4 Å². The number of aromatic nitrogens is 1. The fourth-order valence-electron chi connectivity index (χ4n) is 3.62. The molecule has 6 nitrogen and oxygen atoms in total. The van der Waals surface area contributed by atoms with Crippen LogP contribution in [0.25, 0.3) is 10.9 Å². The highest BCUT2D eigenvalue weighted by Crippen LogP contribution is 2.20. The minimum absolute atomic E-state index is 0.0943. The zero-order chi connectivity index (χ0) is 22.9. The van der Waals surface area contributed by atoms with Crippen LogP contribution in [0.2, 0.25) is 0 Å². The standard InChI is InChI=1S/C24H32N4O2S2/c1-4-27(5-2)12-7-11-25-24(31)28(17-21-8-6-13-32-21)16-19-14-18-15-20(30-3)9-10-22(18)26-23(19)29/h6,8-10,13-15H,4-5,7,11-12,16-17H2,1-3H3,(H,25,31)(H,26,29). The van der Waals surface area contributed by atoms with Crippen LogP contribution in [0.5, 0.6) is 5.75 Å². The molecule has 2 heterocycles. The van der Waals surface area contributed by atoms with E-state index in [0.29, 0.717) is 23.8 Å². The molecule has 0 fully saturated rings. The summed E-state index contributed by atoms with van der Waals surface area (Å²) >= 11 is 7.43. The van der Waals surface area contributed by atoms with Crippen molar-refractivity contribution in [1.29, 1.82) is 0 Å². The third-order valence-corrected chi connectivity index (χ3v) is 6.79. The van der Waals surface area contributed by atoms with Gasteiger partial charge in [0.25, 0.3) is 5.56 Å². The Morgan fingerprint density at radius 3 is 2.69 bits per heavy atom. The molecule has 0 amide bonds. The predicted octanol–water partition coefficient (Wildman–Crippen LogP) is 4.21. The number of benzene rings is 1. The van der Waals surface area contributed by atoms with Gasteiger partial charge in [0, 0.05) is 27.9 Å². The van der Waals surface area contributed by atoms with Gasteiger partial charge in [-0.05, 0) is 74.0 Å². The van der Waals surface area contributed by atoms with Crippen molar-refractivity contribution in [2.75, 3.05) is 33.3 Å². The van der Waals surface area contributed by atoms with E-state index in [4.69, 9.17) is 17.0 Å². The van der Waals surface area contributed by atoms with Gasteiger partial charge in [-0.15, -0.1) is 11.3 Å². The monoisotopic (exact) mass is 472 g/mol. The molecular weight excluding hydrogens is 440 g/mol. The highest BCUT2D eigenvalue weighted by molar-refractivity contribution is 7.80. The molecule has 2 aromatic heterocycles. The molecule has 3 aromatic rings. The molecule has 8 heteroatoms. The molecule has 2 N–H and O–H groups in total. The van der Waals surface area contributed by atoms with Crippen LogP contribution in [-0.4, -0.2) is 53.2 Å². The lowest BCUT2D eigenvalue weighted by molar-refractivity contribution is 0.299. The third-order valence-electron chi connectivity index (χ3n) is 5.53. The van der Waals surface area contributed by atoms with Crippen molar-refractivity contribution in [3.8, 4) is 5.75 Å². The van der Waals surface area contributed by atoms with Gasteiger partial charge in [-0.3, -0.25) is 4.79 Å². The summed E-state index contributed by atoms with van der Waals surface area (Å²) in [6.07, 6.45) is 1.02. The second-order valence-electron chi connectivity index (χ2n) is 7.62. The quantitative estimate of drug-likeness (QED) is 0.322. The average molecular weight is 473 g/mol. The van der Waals surface area contributed by atoms with Crippen molar-refractivity contribution >= 4 is 39.6 Å². The first-order chi connectivity index (χ1) is 15.5. The summed E-state index contributed by atoms with van der Waals surface area (Å²) in [6.45, 7) is 9.42. The number of fused-ring (bicyclic) bond motifs is 1. The van der Waals surface area contributed by atoms with Gasteiger partial charge in [0.15, 0.2) is 5.11 Å². The van der Waals surface area contributed by atoms with Crippen molar-refractivity contribution in [3.05, 3.63) is 62.6 Å². The maximum Gasteiger partial charge on any atom is 0.253 e. The minimum atomic E-state index is -0.0943. The molecule has 0 aliphatic rings. The molecule has 0 atom stereocenters. The first-order valence-corrected chi connectivity index (χ1v) is 12.3. The summed E-state index contributed by atoms with van der Waals surface area (Å²) in [5.41, 5.74) is 1.37. The molecule has 0 bridgehead atoms. The number of thiophene rings is 1. The lowest BCUT2D eigenvalue weighted by Crippen LogP contribution is -2.40. The molecule has 0 aliphatic heterocycles. The fraction of sp³-hybridized carbons (Fsp3) is 0.417. The summed E-state index contributed by atoms with van der Waals surface area (Å²) in [5.74, 6) is 0.760. The van der Waals surface area contributed by atoms with E-state index in [0.717, 1.165) is 49.3 Å². The van der Waals surface area contributed by atoms with E-state index in [-0.39, 0.29) is 5.56 Å². The Balaban J connectivity index is 1.74. The molecule has 172 valence electrons. The number of aromatic amines is 1. The number of hydrogen-bond donors (Lipinski definition) is 2. The summed E-state index contributed by atoms with van der Waals surface area (Å²) < 4.78 is 5.33. The second kappa shape index (κ2) is 12.0. The van der Waals surface area contributed by atoms with Crippen LogP contribution in [0.15, 0.2) is 46.6 Å². The number of pyridine rings is 1. The zero-order valence-electron chi connectivity index (χ0n) is 19.0. The molecule has 32 heavy (non-hydrogen) atoms. The van der Waals surface area contributed by atoms with Crippen LogP contribution in [-0.2, 0) is 13.1 Å². The SMILES string of the molecule is CCN(CC)CCCNC(=S)N(Cc1cccs1)Cc1cc2cc(OC)ccc2[nH]c1=O. The molecule has 0 spiro atoms. The minimum Gasteiger partial charge on any atom is -0.497 e. The number of methoxy groups -OCH3 is 1. The normalized spacial score (nSPS) is 11.1. The van der Waals surface area contributed by atoms with Gasteiger partial charge < -0.3 is 24.8 Å². The summed E-state index contributed by atoms with van der Waals surface area (Å²) in [7, 11) is 1.64. The average Bonchev–Trinajstić information content (AvgIpc) is 3.32. The van der Waals surface area contributed by atoms with Gasteiger partial charge in [-0.1, -0.05) is 19.9 Å². The first kappa shape index (κ1) is 24.2. The van der Waals surface area contributed by atoms with E-state index in [9.17, 15) is 4.79 Å². The Morgan fingerprint density at radius 1 is 1.19 bits per heavy atom. The highest BCUT2D eigenvalue weighted by Gasteiger charge is 2.15. The number of ether oxygens (including phenoxy) is 1. The number of H-pyrrole nitrogens is 1. The Hall–Kier alpha value is -2.42. The van der Waals surface area contributed by atoms with Crippen molar-refractivity contribution in [3.63, 3.8) is 0 Å². The van der Waals surface area contributed by atoms with E-state index >= 15 is 0 Å². The molecular formula is C24H32N4O2S2. The number of rotatable bonds is 11. The number of nitrogens with one attached hydrogen (secondary N) is 2. The molecule has 0 unspecified atom stereocenters. The Kier molecular flexibility index (Phi) is 9.08. The van der Waals surface area contributed by atoms with Gasteiger partial charge in [-0.2, -0.15) is 0 Å². The summed E-state index contributed by atoms with van der Waals surface area (Å²) in [4.78, 5) is 21.4. The Labute approximate surface area is 199 Å². The van der Waals surface area contributed by atoms with Gasteiger partial charge in [0.05, 0.1) is 20.2 Å². The zero-order valence-corrected chi connectivity index (χ0v) is 20.7. The first-order valence-electron chi connectivity index (χ1n) is 11.0. The molecule has 3 rings (SSSR count). The van der Waals surface area contributed by atoms with Crippen LogP contribution < -0.4 is 15.6 Å². The molecule has 0 saturated heterocycles. The van der Waals surface area contributed by atoms with Crippen molar-refractivity contribution < 1.29 is 4.74 Å². The van der Waals surface area contributed by atoms with Crippen LogP contribution in [0.1, 0.15) is 30.7 Å². The fourth-order valence-corrected chi connectivity index (χ4v) is 4.57. The topological polar surface area (TPSA) is 60.6 Å². The number of thiocarbonyl (C=S) groups is 1. The highest BCUT2D eigenvalue weighted by atomic mass is 32.1. The van der Waals surface area contributed by atoms with Crippen LogP contribution in [0.3, 0.4) is 0 Å².